The van der Waals surface area contributed by atoms with E-state index in [0.717, 1.165) is 31.2 Å². The van der Waals surface area contributed by atoms with E-state index < -0.39 is 28.7 Å². The molecule has 3 saturated heterocycles. The van der Waals surface area contributed by atoms with E-state index in [0.29, 0.717) is 13.0 Å². The number of unbranched alkanes of at least 4 members (excludes halogenated alkanes) is 2. The van der Waals surface area contributed by atoms with Gasteiger partial charge in [-0.2, -0.15) is 0 Å². The molecule has 8 heteroatoms. The standard InChI is InChI=1S/C27H38N2O5S/c1-4-6-10-13-28-24(31)23-27-17(3)14-20(35-27)21(26(33)34-5-2)22(27)25(32)29(23)19(16-30)15-18-11-8-7-9-12-18/h7-9,11-12,17,19-23,30H,4-6,10,13-16H2,1-3H3,(H,28,31)/t17?,19-,20+,21-,22+,23?,27?/m1/s1. The topological polar surface area (TPSA) is 95.9 Å². The minimum absolute atomic E-state index is 0.0303. The van der Waals surface area contributed by atoms with Gasteiger partial charge in [0.05, 0.1) is 35.8 Å². The first-order valence-electron chi connectivity index (χ1n) is 13.0. The number of carbonyl (C=O) groups is 3. The van der Waals surface area contributed by atoms with Crippen molar-refractivity contribution in [2.45, 2.75) is 75.0 Å². The lowest BCUT2D eigenvalue weighted by molar-refractivity contribution is -0.154. The molecule has 1 aromatic rings. The van der Waals surface area contributed by atoms with E-state index in [-0.39, 0.29) is 42.2 Å². The number of ether oxygens (including phenoxy) is 1. The maximum atomic E-state index is 14.1. The van der Waals surface area contributed by atoms with Crippen LogP contribution in [0.2, 0.25) is 0 Å². The van der Waals surface area contributed by atoms with E-state index in [2.05, 4.69) is 19.2 Å². The largest absolute Gasteiger partial charge is 0.466 e. The summed E-state index contributed by atoms with van der Waals surface area (Å²) < 4.78 is 4.70. The third kappa shape index (κ3) is 4.48. The van der Waals surface area contributed by atoms with E-state index in [1.807, 2.05) is 30.3 Å². The van der Waals surface area contributed by atoms with Crippen LogP contribution in [-0.4, -0.2) is 69.6 Å². The van der Waals surface area contributed by atoms with Crippen LogP contribution in [0.25, 0.3) is 0 Å². The minimum Gasteiger partial charge on any atom is -0.466 e. The molecular formula is C27H38N2O5S. The Labute approximate surface area is 212 Å². The number of likely N-dealkylation sites (tertiary alicyclic amines) is 1. The molecule has 192 valence electrons. The Morgan fingerprint density at radius 2 is 2.00 bits per heavy atom. The number of nitrogens with zero attached hydrogens (tertiary/aromatic N) is 1. The monoisotopic (exact) mass is 502 g/mol. The highest BCUT2D eigenvalue weighted by Gasteiger charge is 2.76. The molecule has 3 fully saturated rings. The molecule has 2 amide bonds. The Morgan fingerprint density at radius 1 is 1.26 bits per heavy atom. The third-order valence-corrected chi connectivity index (χ3v) is 10.1. The van der Waals surface area contributed by atoms with Crippen molar-refractivity contribution >= 4 is 29.5 Å². The fourth-order valence-corrected chi connectivity index (χ4v) is 8.87. The summed E-state index contributed by atoms with van der Waals surface area (Å²) in [5.41, 5.74) is 0.989. The fraction of sp³-hybridized carbons (Fsp3) is 0.667. The molecule has 3 heterocycles. The van der Waals surface area contributed by atoms with E-state index in [9.17, 15) is 19.5 Å². The van der Waals surface area contributed by atoms with Crippen molar-refractivity contribution in [1.29, 1.82) is 0 Å². The van der Waals surface area contributed by atoms with Gasteiger partial charge in [-0.1, -0.05) is 57.0 Å². The Hall–Kier alpha value is -2.06. The Balaban J connectivity index is 1.71. The van der Waals surface area contributed by atoms with Crippen LogP contribution < -0.4 is 5.32 Å². The molecule has 2 bridgehead atoms. The van der Waals surface area contributed by atoms with Crippen LogP contribution in [0.3, 0.4) is 0 Å². The van der Waals surface area contributed by atoms with Gasteiger partial charge in [0, 0.05) is 11.8 Å². The van der Waals surface area contributed by atoms with Crippen LogP contribution in [0, 0.1) is 17.8 Å². The van der Waals surface area contributed by atoms with Crippen LogP contribution in [0.4, 0.5) is 0 Å². The maximum Gasteiger partial charge on any atom is 0.310 e. The zero-order valence-corrected chi connectivity index (χ0v) is 21.8. The number of thioether (sulfide) groups is 1. The van der Waals surface area contributed by atoms with Crippen molar-refractivity contribution in [3.8, 4) is 0 Å². The number of aliphatic hydroxyl groups is 1. The summed E-state index contributed by atoms with van der Waals surface area (Å²) in [6.07, 6.45) is 4.16. The first-order chi connectivity index (χ1) is 16.9. The van der Waals surface area contributed by atoms with Gasteiger partial charge in [-0.25, -0.2) is 0 Å². The second-order valence-electron chi connectivity index (χ2n) is 10.1. The predicted molar refractivity (Wildman–Crippen MR) is 136 cm³/mol. The summed E-state index contributed by atoms with van der Waals surface area (Å²) in [4.78, 5) is 42.6. The molecular weight excluding hydrogens is 464 g/mol. The van der Waals surface area contributed by atoms with Crippen molar-refractivity contribution in [2.75, 3.05) is 19.8 Å². The molecule has 0 saturated carbocycles. The minimum atomic E-state index is -0.730. The Kier molecular flexibility index (Phi) is 8.11. The molecule has 0 radical (unpaired) electrons. The maximum absolute atomic E-state index is 14.1. The highest BCUT2D eigenvalue weighted by Crippen LogP contribution is 2.68. The van der Waals surface area contributed by atoms with Crippen LogP contribution in [0.15, 0.2) is 30.3 Å². The number of esters is 1. The fourth-order valence-electron chi connectivity index (χ4n) is 6.48. The molecule has 4 rings (SSSR count). The summed E-state index contributed by atoms with van der Waals surface area (Å²) in [5, 5.41) is 13.5. The van der Waals surface area contributed by atoms with Crippen molar-refractivity contribution in [2.24, 2.45) is 17.8 Å². The van der Waals surface area contributed by atoms with Gasteiger partial charge in [0.1, 0.15) is 6.04 Å². The Bertz CT molecular complexity index is 927. The number of rotatable bonds is 11. The van der Waals surface area contributed by atoms with Gasteiger partial charge < -0.3 is 20.1 Å². The van der Waals surface area contributed by atoms with E-state index in [1.54, 1.807) is 23.6 Å². The average Bonchev–Trinajstić information content (AvgIpc) is 3.45. The molecule has 0 aromatic heterocycles. The molecule has 1 spiro atoms. The van der Waals surface area contributed by atoms with Gasteiger partial charge in [-0.3, -0.25) is 14.4 Å². The van der Waals surface area contributed by atoms with E-state index >= 15 is 0 Å². The predicted octanol–water partition coefficient (Wildman–Crippen LogP) is 2.80. The molecule has 7 atom stereocenters. The summed E-state index contributed by atoms with van der Waals surface area (Å²) in [6.45, 7) is 6.54. The van der Waals surface area contributed by atoms with E-state index in [4.69, 9.17) is 4.74 Å². The van der Waals surface area contributed by atoms with Crippen LogP contribution >= 0.6 is 11.8 Å². The van der Waals surface area contributed by atoms with Crippen LogP contribution in [0.1, 0.15) is 52.0 Å². The lowest BCUT2D eigenvalue weighted by Gasteiger charge is -2.40. The SMILES string of the molecule is CCCCCNC(=O)C1N([C@@H](CO)Cc2ccccc2)C(=O)[C@@H]2[C@H](C(=O)OCC)[C@@H]3CC(C)C12S3. The number of carbonyl (C=O) groups excluding carboxylic acids is 3. The van der Waals surface area contributed by atoms with Gasteiger partial charge in [-0.05, 0) is 37.7 Å². The Morgan fingerprint density at radius 3 is 2.66 bits per heavy atom. The zero-order chi connectivity index (χ0) is 25.2. The molecule has 0 aliphatic carbocycles. The summed E-state index contributed by atoms with van der Waals surface area (Å²) in [5.74, 6) is -1.80. The van der Waals surface area contributed by atoms with Gasteiger partial charge in [0.15, 0.2) is 0 Å². The molecule has 3 unspecified atom stereocenters. The van der Waals surface area contributed by atoms with Crippen molar-refractivity contribution in [1.82, 2.24) is 10.2 Å². The number of fused-ring (bicyclic) bond motifs is 1. The average molecular weight is 503 g/mol. The summed E-state index contributed by atoms with van der Waals surface area (Å²) >= 11 is 1.64. The summed E-state index contributed by atoms with van der Waals surface area (Å²) in [6, 6.07) is 8.43. The van der Waals surface area contributed by atoms with Crippen molar-refractivity contribution in [3.05, 3.63) is 35.9 Å². The van der Waals surface area contributed by atoms with Gasteiger partial charge >= 0.3 is 5.97 Å². The first-order valence-corrected chi connectivity index (χ1v) is 13.9. The van der Waals surface area contributed by atoms with Gasteiger partial charge in [-0.15, -0.1) is 11.8 Å². The number of nitrogens with one attached hydrogen (secondary N) is 1. The lowest BCUT2D eigenvalue weighted by Crippen LogP contribution is -2.58. The summed E-state index contributed by atoms with van der Waals surface area (Å²) in [7, 11) is 0. The van der Waals surface area contributed by atoms with Crippen LogP contribution in [-0.2, 0) is 25.5 Å². The number of benzene rings is 1. The first kappa shape index (κ1) is 26.0. The third-order valence-electron chi connectivity index (χ3n) is 7.99. The van der Waals surface area contributed by atoms with Crippen LogP contribution in [0.5, 0.6) is 0 Å². The molecule has 7 nitrogen and oxygen atoms in total. The molecule has 3 aliphatic rings. The van der Waals surface area contributed by atoms with E-state index in [1.165, 1.54) is 0 Å². The smallest absolute Gasteiger partial charge is 0.310 e. The number of aliphatic hydroxyl groups excluding tert-OH is 1. The number of hydrogen-bond acceptors (Lipinski definition) is 6. The lowest BCUT2D eigenvalue weighted by atomic mass is 9.66. The number of hydrogen-bond donors (Lipinski definition) is 2. The van der Waals surface area contributed by atoms with Crippen molar-refractivity contribution < 1.29 is 24.2 Å². The quantitative estimate of drug-likeness (QED) is 0.357. The second kappa shape index (κ2) is 10.9. The normalized spacial score (nSPS) is 31.9. The van der Waals surface area contributed by atoms with Crippen molar-refractivity contribution in [3.63, 3.8) is 0 Å². The van der Waals surface area contributed by atoms with Gasteiger partial charge in [0.2, 0.25) is 11.8 Å². The molecule has 35 heavy (non-hydrogen) atoms. The zero-order valence-electron chi connectivity index (χ0n) is 20.9. The number of amides is 2. The highest BCUT2D eigenvalue weighted by atomic mass is 32.2. The second-order valence-corrected chi connectivity index (χ2v) is 11.6. The highest BCUT2D eigenvalue weighted by molar-refractivity contribution is 8.02. The molecule has 3 aliphatic heterocycles. The van der Waals surface area contributed by atoms with Gasteiger partial charge in [0.25, 0.3) is 0 Å². The molecule has 2 N–H and O–H groups in total. The molecule has 1 aromatic carbocycles.